The first-order valence-corrected chi connectivity index (χ1v) is 11.1. The smallest absolute Gasteiger partial charge is 0.173 e. The summed E-state index contributed by atoms with van der Waals surface area (Å²) < 4.78 is 7.06. The van der Waals surface area contributed by atoms with Crippen molar-refractivity contribution < 1.29 is 4.74 Å². The van der Waals surface area contributed by atoms with Crippen molar-refractivity contribution in [1.82, 2.24) is 30.0 Å². The topological polar surface area (TPSA) is 59.3 Å². The van der Waals surface area contributed by atoms with Crippen molar-refractivity contribution in [2.45, 2.75) is 19.1 Å². The van der Waals surface area contributed by atoms with E-state index in [-0.39, 0.29) is 6.04 Å². The molecule has 0 spiro atoms. The van der Waals surface area contributed by atoms with Crippen LogP contribution in [0.15, 0.2) is 48.5 Å². The standard InChI is InChI=1S/C22H26Cl2N6O/c1-31-15-14-30-22(25-26-27-30)21(17-6-8-19(23)9-7-17)29-12-10-28(11-13-29)16-18-4-2-3-5-20(18)24/h2-9,21H,10-16H2,1H3. The summed E-state index contributed by atoms with van der Waals surface area (Å²) in [7, 11) is 1.68. The van der Waals surface area contributed by atoms with Gasteiger partial charge in [0.25, 0.3) is 0 Å². The average molecular weight is 461 g/mol. The number of nitrogens with zero attached hydrogens (tertiary/aromatic N) is 6. The number of rotatable bonds is 8. The summed E-state index contributed by atoms with van der Waals surface area (Å²) >= 11 is 12.5. The highest BCUT2D eigenvalue weighted by Crippen LogP contribution is 2.29. The van der Waals surface area contributed by atoms with E-state index in [9.17, 15) is 0 Å². The van der Waals surface area contributed by atoms with E-state index in [1.165, 1.54) is 0 Å². The van der Waals surface area contributed by atoms with Crippen LogP contribution in [0.1, 0.15) is 23.0 Å². The first-order valence-electron chi connectivity index (χ1n) is 10.4. The number of aromatic nitrogens is 4. The molecule has 2 aromatic carbocycles. The van der Waals surface area contributed by atoms with E-state index < -0.39 is 0 Å². The van der Waals surface area contributed by atoms with Gasteiger partial charge in [0.15, 0.2) is 5.82 Å². The van der Waals surface area contributed by atoms with Gasteiger partial charge in [0.1, 0.15) is 0 Å². The Bertz CT molecular complexity index is 972. The first kappa shape index (κ1) is 22.2. The number of hydrogen-bond acceptors (Lipinski definition) is 6. The summed E-state index contributed by atoms with van der Waals surface area (Å²) in [6, 6.07) is 15.9. The van der Waals surface area contributed by atoms with Crippen molar-refractivity contribution in [3.63, 3.8) is 0 Å². The molecule has 9 heteroatoms. The van der Waals surface area contributed by atoms with E-state index in [1.807, 2.05) is 35.0 Å². The van der Waals surface area contributed by atoms with Crippen LogP contribution in [0.2, 0.25) is 10.0 Å². The zero-order chi connectivity index (χ0) is 21.6. The second-order valence-electron chi connectivity index (χ2n) is 7.61. The van der Waals surface area contributed by atoms with Gasteiger partial charge in [0, 0.05) is 49.9 Å². The predicted octanol–water partition coefficient (Wildman–Crippen LogP) is 3.53. The van der Waals surface area contributed by atoms with Crippen LogP contribution in [0, 0.1) is 0 Å². The fourth-order valence-corrected chi connectivity index (χ4v) is 4.28. The first-order chi connectivity index (χ1) is 15.2. The Morgan fingerprint density at radius 1 is 1.00 bits per heavy atom. The van der Waals surface area contributed by atoms with Crippen LogP contribution < -0.4 is 0 Å². The molecule has 0 aliphatic carbocycles. The molecular weight excluding hydrogens is 435 g/mol. The van der Waals surface area contributed by atoms with Crippen molar-refractivity contribution in [2.24, 2.45) is 0 Å². The number of ether oxygens (including phenoxy) is 1. The molecule has 0 N–H and O–H groups in total. The minimum atomic E-state index is -0.0495. The molecule has 1 atom stereocenters. The molecule has 1 saturated heterocycles. The average Bonchev–Trinajstić information content (AvgIpc) is 3.24. The quantitative estimate of drug-likeness (QED) is 0.512. The largest absolute Gasteiger partial charge is 0.383 e. The highest BCUT2D eigenvalue weighted by molar-refractivity contribution is 6.31. The van der Waals surface area contributed by atoms with Crippen LogP contribution in [0.25, 0.3) is 0 Å². The Hall–Kier alpha value is -2.03. The van der Waals surface area contributed by atoms with E-state index in [1.54, 1.807) is 7.11 Å². The molecule has 164 valence electrons. The van der Waals surface area contributed by atoms with Crippen LogP contribution >= 0.6 is 23.2 Å². The molecule has 1 aliphatic heterocycles. The lowest BCUT2D eigenvalue weighted by molar-refractivity contribution is 0.0989. The molecule has 0 amide bonds. The summed E-state index contributed by atoms with van der Waals surface area (Å²) in [6.07, 6.45) is 0. The van der Waals surface area contributed by atoms with Gasteiger partial charge in [-0.05, 0) is 39.8 Å². The van der Waals surface area contributed by atoms with E-state index in [0.29, 0.717) is 18.2 Å². The van der Waals surface area contributed by atoms with Crippen molar-refractivity contribution in [2.75, 3.05) is 39.9 Å². The summed E-state index contributed by atoms with van der Waals surface area (Å²) in [5.41, 5.74) is 2.28. The normalized spacial score (nSPS) is 16.5. The van der Waals surface area contributed by atoms with Gasteiger partial charge in [0.05, 0.1) is 19.2 Å². The van der Waals surface area contributed by atoms with Gasteiger partial charge in [-0.25, -0.2) is 4.68 Å². The zero-order valence-corrected chi connectivity index (χ0v) is 19.0. The highest BCUT2D eigenvalue weighted by atomic mass is 35.5. The summed E-state index contributed by atoms with van der Waals surface area (Å²) in [5, 5.41) is 14.1. The van der Waals surface area contributed by atoms with E-state index in [2.05, 4.69) is 43.5 Å². The Labute approximate surface area is 192 Å². The van der Waals surface area contributed by atoms with Gasteiger partial charge >= 0.3 is 0 Å². The van der Waals surface area contributed by atoms with Crippen LogP contribution in [-0.4, -0.2) is 69.9 Å². The van der Waals surface area contributed by atoms with Gasteiger partial charge in [-0.15, -0.1) is 5.10 Å². The molecule has 31 heavy (non-hydrogen) atoms. The van der Waals surface area contributed by atoms with Crippen LogP contribution in [0.5, 0.6) is 0 Å². The number of benzene rings is 2. The van der Waals surface area contributed by atoms with Gasteiger partial charge in [-0.2, -0.15) is 0 Å². The lowest BCUT2D eigenvalue weighted by atomic mass is 10.0. The molecule has 1 aromatic heterocycles. The SMILES string of the molecule is COCCn1nnnc1C(c1ccc(Cl)cc1)N1CCN(Cc2ccccc2Cl)CC1. The third kappa shape index (κ3) is 5.42. The molecule has 0 bridgehead atoms. The molecule has 3 aromatic rings. The van der Waals surface area contributed by atoms with E-state index in [0.717, 1.165) is 54.7 Å². The zero-order valence-electron chi connectivity index (χ0n) is 17.5. The van der Waals surface area contributed by atoms with Crippen molar-refractivity contribution in [3.8, 4) is 0 Å². The Morgan fingerprint density at radius 2 is 1.74 bits per heavy atom. The monoisotopic (exact) mass is 460 g/mol. The third-order valence-corrected chi connectivity index (χ3v) is 6.24. The van der Waals surface area contributed by atoms with Crippen LogP contribution in [0.4, 0.5) is 0 Å². The third-order valence-electron chi connectivity index (χ3n) is 5.62. The predicted molar refractivity (Wildman–Crippen MR) is 121 cm³/mol. The molecule has 7 nitrogen and oxygen atoms in total. The molecule has 1 fully saturated rings. The maximum absolute atomic E-state index is 6.36. The van der Waals surface area contributed by atoms with E-state index >= 15 is 0 Å². The maximum atomic E-state index is 6.36. The lowest BCUT2D eigenvalue weighted by Crippen LogP contribution is -2.48. The maximum Gasteiger partial charge on any atom is 0.173 e. The second kappa shape index (κ2) is 10.5. The Morgan fingerprint density at radius 3 is 2.45 bits per heavy atom. The molecule has 0 radical (unpaired) electrons. The molecular formula is C22H26Cl2N6O. The lowest BCUT2D eigenvalue weighted by Gasteiger charge is -2.39. The van der Waals surface area contributed by atoms with E-state index in [4.69, 9.17) is 27.9 Å². The summed E-state index contributed by atoms with van der Waals surface area (Å²) in [4.78, 5) is 4.87. The number of hydrogen-bond donors (Lipinski definition) is 0. The molecule has 1 aliphatic rings. The summed E-state index contributed by atoms with van der Waals surface area (Å²) in [5.74, 6) is 0.818. The van der Waals surface area contributed by atoms with Crippen LogP contribution in [-0.2, 0) is 17.8 Å². The molecule has 2 heterocycles. The van der Waals surface area contributed by atoms with Gasteiger partial charge in [0.2, 0.25) is 0 Å². The molecule has 1 unspecified atom stereocenters. The van der Waals surface area contributed by atoms with Crippen molar-refractivity contribution in [1.29, 1.82) is 0 Å². The van der Waals surface area contributed by atoms with Crippen molar-refractivity contribution >= 4 is 23.2 Å². The van der Waals surface area contributed by atoms with Crippen molar-refractivity contribution in [3.05, 3.63) is 75.5 Å². The highest BCUT2D eigenvalue weighted by Gasteiger charge is 2.30. The Balaban J connectivity index is 1.52. The van der Waals surface area contributed by atoms with Gasteiger partial charge < -0.3 is 4.74 Å². The fraction of sp³-hybridized carbons (Fsp3) is 0.409. The second-order valence-corrected chi connectivity index (χ2v) is 8.45. The summed E-state index contributed by atoms with van der Waals surface area (Å²) in [6.45, 7) is 5.69. The number of halogens is 2. The number of tetrazole rings is 1. The molecule has 4 rings (SSSR count). The molecule has 0 saturated carbocycles. The Kier molecular flexibility index (Phi) is 7.53. The number of piperazine rings is 1. The number of methoxy groups -OCH3 is 1. The van der Waals surface area contributed by atoms with Gasteiger partial charge in [-0.1, -0.05) is 53.5 Å². The minimum absolute atomic E-state index is 0.0495. The fourth-order valence-electron chi connectivity index (χ4n) is 3.96. The minimum Gasteiger partial charge on any atom is -0.383 e. The van der Waals surface area contributed by atoms with Crippen LogP contribution in [0.3, 0.4) is 0 Å². The van der Waals surface area contributed by atoms with Gasteiger partial charge in [-0.3, -0.25) is 9.80 Å².